The first-order valence-corrected chi connectivity index (χ1v) is 3.71. The zero-order valence-corrected chi connectivity index (χ0v) is 7.59. The van der Waals surface area contributed by atoms with Gasteiger partial charge in [-0.25, -0.2) is 9.78 Å². The Hall–Kier alpha value is -0.410. The lowest BCUT2D eigenvalue weighted by Crippen LogP contribution is -2.21. The summed E-state index contributed by atoms with van der Waals surface area (Å²) >= 11 is 0. The third kappa shape index (κ3) is 7.49. The second-order valence-corrected chi connectivity index (χ2v) is 3.59. The van der Waals surface area contributed by atoms with E-state index < -0.39 is 0 Å². The highest BCUT2D eigenvalue weighted by atomic mass is 17.2. The molecule has 0 bridgehead atoms. The summed E-state index contributed by atoms with van der Waals surface area (Å²) in [5.74, 6) is -0.0997. The average molecular weight is 160 g/mol. The van der Waals surface area contributed by atoms with E-state index in [1.54, 1.807) is 6.92 Å². The first-order valence-electron chi connectivity index (χ1n) is 3.71. The number of carbonyl (C=O) groups is 1. The van der Waals surface area contributed by atoms with Gasteiger partial charge in [-0.2, -0.15) is 0 Å². The van der Waals surface area contributed by atoms with Crippen LogP contribution < -0.4 is 0 Å². The van der Waals surface area contributed by atoms with E-state index in [9.17, 15) is 4.79 Å². The molecule has 0 heterocycles. The Balaban J connectivity index is 3.35. The van der Waals surface area contributed by atoms with Crippen molar-refractivity contribution in [2.45, 2.75) is 33.3 Å². The molecule has 0 aliphatic carbocycles. The summed E-state index contributed by atoms with van der Waals surface area (Å²) in [7, 11) is 0. The maximum absolute atomic E-state index is 10.1. The van der Waals surface area contributed by atoms with Crippen LogP contribution in [0.5, 0.6) is 0 Å². The van der Waals surface area contributed by atoms with Crippen LogP contribution in [0.4, 0.5) is 0 Å². The van der Waals surface area contributed by atoms with Gasteiger partial charge in [-0.3, -0.25) is 0 Å². The summed E-state index contributed by atoms with van der Waals surface area (Å²) in [5.41, 5.74) is -0.303. The first-order chi connectivity index (χ1) is 4.95. The van der Waals surface area contributed by atoms with Crippen molar-refractivity contribution in [3.8, 4) is 0 Å². The lowest BCUT2D eigenvalue weighted by atomic mass is 10.2. The number of rotatable bonds is 4. The molecule has 0 aromatic rings. The lowest BCUT2D eigenvalue weighted by molar-refractivity contribution is -0.351. The van der Waals surface area contributed by atoms with Gasteiger partial charge in [0.2, 0.25) is 0 Å². The Bertz CT molecular complexity index is 115. The van der Waals surface area contributed by atoms with E-state index in [-0.39, 0.29) is 11.5 Å². The van der Waals surface area contributed by atoms with Gasteiger partial charge in [-0.15, -0.1) is 0 Å². The normalized spacial score (nSPS) is 14.5. The van der Waals surface area contributed by atoms with Crippen LogP contribution >= 0.6 is 0 Å². The van der Waals surface area contributed by atoms with Crippen molar-refractivity contribution < 1.29 is 14.6 Å². The van der Waals surface area contributed by atoms with Gasteiger partial charge in [0.25, 0.3) is 0 Å². The summed E-state index contributed by atoms with van der Waals surface area (Å²) in [6, 6.07) is 0. The third-order valence-corrected chi connectivity index (χ3v) is 0.872. The molecule has 3 heteroatoms. The molecule has 66 valence electrons. The molecule has 1 unspecified atom stereocenters. The Morgan fingerprint density at radius 3 is 2.36 bits per heavy atom. The fraction of sp³-hybridized carbons (Fsp3) is 0.875. The van der Waals surface area contributed by atoms with E-state index in [4.69, 9.17) is 9.78 Å². The standard InChI is InChI=1S/C8H16O3/c1-7(5-9)6-10-11-8(2,3)4/h5,7H,6H2,1-4H3. The van der Waals surface area contributed by atoms with Crippen LogP contribution in [0.2, 0.25) is 0 Å². The zero-order chi connectivity index (χ0) is 8.91. The van der Waals surface area contributed by atoms with Crippen LogP contribution in [0.3, 0.4) is 0 Å². The minimum Gasteiger partial charge on any atom is -0.303 e. The monoisotopic (exact) mass is 160 g/mol. The van der Waals surface area contributed by atoms with Crippen molar-refractivity contribution >= 4 is 6.29 Å². The van der Waals surface area contributed by atoms with Gasteiger partial charge in [0.1, 0.15) is 6.29 Å². The molecular weight excluding hydrogens is 144 g/mol. The molecule has 0 radical (unpaired) electrons. The van der Waals surface area contributed by atoms with Gasteiger partial charge < -0.3 is 4.79 Å². The van der Waals surface area contributed by atoms with E-state index in [0.717, 1.165) is 6.29 Å². The minimum absolute atomic E-state index is 0.0997. The van der Waals surface area contributed by atoms with E-state index in [1.807, 2.05) is 20.8 Å². The van der Waals surface area contributed by atoms with Crippen LogP contribution in [0.1, 0.15) is 27.7 Å². The maximum atomic E-state index is 10.1. The van der Waals surface area contributed by atoms with Crippen LogP contribution in [-0.2, 0) is 14.6 Å². The number of hydrogen-bond acceptors (Lipinski definition) is 3. The Labute approximate surface area is 67.6 Å². The quantitative estimate of drug-likeness (QED) is 0.356. The molecule has 0 fully saturated rings. The predicted octanol–water partition coefficient (Wildman–Crippen LogP) is 1.57. The van der Waals surface area contributed by atoms with Crippen LogP contribution in [-0.4, -0.2) is 18.5 Å². The average Bonchev–Trinajstić information content (AvgIpc) is 1.85. The minimum atomic E-state index is -0.303. The smallest absolute Gasteiger partial charge is 0.125 e. The Kier molecular flexibility index (Phi) is 4.30. The number of aldehydes is 1. The van der Waals surface area contributed by atoms with Gasteiger partial charge in [-0.05, 0) is 20.8 Å². The van der Waals surface area contributed by atoms with Crippen molar-refractivity contribution in [2.75, 3.05) is 6.61 Å². The lowest BCUT2D eigenvalue weighted by Gasteiger charge is -2.17. The maximum Gasteiger partial charge on any atom is 0.125 e. The van der Waals surface area contributed by atoms with Gasteiger partial charge in [-0.1, -0.05) is 6.92 Å². The van der Waals surface area contributed by atoms with Crippen molar-refractivity contribution in [2.24, 2.45) is 5.92 Å². The molecule has 0 aromatic heterocycles. The van der Waals surface area contributed by atoms with Crippen molar-refractivity contribution in [1.29, 1.82) is 0 Å². The SMILES string of the molecule is CC(C=O)COOC(C)(C)C. The highest BCUT2D eigenvalue weighted by Crippen LogP contribution is 2.07. The molecule has 0 saturated carbocycles. The largest absolute Gasteiger partial charge is 0.303 e. The molecule has 3 nitrogen and oxygen atoms in total. The molecule has 0 saturated heterocycles. The fourth-order valence-electron chi connectivity index (χ4n) is 0.357. The Morgan fingerprint density at radius 2 is 2.00 bits per heavy atom. The molecule has 1 atom stereocenters. The molecular formula is C8H16O3. The van der Waals surface area contributed by atoms with Gasteiger partial charge in [0.05, 0.1) is 12.2 Å². The Morgan fingerprint density at radius 1 is 1.45 bits per heavy atom. The van der Waals surface area contributed by atoms with E-state index in [1.165, 1.54) is 0 Å². The second kappa shape index (κ2) is 4.46. The molecule has 0 aliphatic heterocycles. The number of hydrogen-bond donors (Lipinski definition) is 0. The van der Waals surface area contributed by atoms with Crippen molar-refractivity contribution in [1.82, 2.24) is 0 Å². The molecule has 0 aromatic carbocycles. The summed E-state index contributed by atoms with van der Waals surface area (Å²) in [6.45, 7) is 7.76. The highest BCUT2D eigenvalue weighted by molar-refractivity contribution is 5.52. The fourth-order valence-corrected chi connectivity index (χ4v) is 0.357. The van der Waals surface area contributed by atoms with E-state index >= 15 is 0 Å². The molecule has 0 rings (SSSR count). The molecule has 11 heavy (non-hydrogen) atoms. The summed E-state index contributed by atoms with van der Waals surface area (Å²) in [5, 5.41) is 0. The molecule has 0 spiro atoms. The summed E-state index contributed by atoms with van der Waals surface area (Å²) in [6.07, 6.45) is 0.839. The van der Waals surface area contributed by atoms with E-state index in [2.05, 4.69) is 0 Å². The predicted molar refractivity (Wildman–Crippen MR) is 42.0 cm³/mol. The highest BCUT2D eigenvalue weighted by Gasteiger charge is 2.11. The van der Waals surface area contributed by atoms with Crippen molar-refractivity contribution in [3.63, 3.8) is 0 Å². The van der Waals surface area contributed by atoms with Crippen LogP contribution in [0.15, 0.2) is 0 Å². The van der Waals surface area contributed by atoms with Gasteiger partial charge >= 0.3 is 0 Å². The van der Waals surface area contributed by atoms with Crippen LogP contribution in [0.25, 0.3) is 0 Å². The van der Waals surface area contributed by atoms with Crippen LogP contribution in [0, 0.1) is 5.92 Å². The molecule has 0 aliphatic rings. The molecule has 0 amide bonds. The second-order valence-electron chi connectivity index (χ2n) is 3.59. The number of carbonyl (C=O) groups excluding carboxylic acids is 1. The third-order valence-electron chi connectivity index (χ3n) is 0.872. The summed E-state index contributed by atoms with van der Waals surface area (Å²) in [4.78, 5) is 19.9. The first kappa shape index (κ1) is 10.6. The summed E-state index contributed by atoms with van der Waals surface area (Å²) < 4.78 is 0. The van der Waals surface area contributed by atoms with Gasteiger partial charge in [0.15, 0.2) is 0 Å². The van der Waals surface area contributed by atoms with E-state index in [0.29, 0.717) is 6.61 Å². The molecule has 0 N–H and O–H groups in total. The van der Waals surface area contributed by atoms with Gasteiger partial charge in [0, 0.05) is 5.92 Å². The van der Waals surface area contributed by atoms with Crippen molar-refractivity contribution in [3.05, 3.63) is 0 Å². The topological polar surface area (TPSA) is 35.5 Å². The zero-order valence-electron chi connectivity index (χ0n) is 7.59.